The van der Waals surface area contributed by atoms with E-state index < -0.39 is 5.97 Å². The fourth-order valence-electron chi connectivity index (χ4n) is 3.22. The number of benzene rings is 1. The van der Waals surface area contributed by atoms with Crippen molar-refractivity contribution in [3.63, 3.8) is 0 Å². The third kappa shape index (κ3) is 2.33. The third-order valence-corrected chi connectivity index (χ3v) is 4.07. The lowest BCUT2D eigenvalue weighted by Gasteiger charge is -2.38. The molecule has 0 atom stereocenters. The van der Waals surface area contributed by atoms with Crippen LogP contribution < -0.4 is 0 Å². The molecule has 0 aliphatic heterocycles. The van der Waals surface area contributed by atoms with E-state index >= 15 is 0 Å². The van der Waals surface area contributed by atoms with Crippen molar-refractivity contribution in [2.45, 2.75) is 43.9 Å². The first-order valence-electron chi connectivity index (χ1n) is 6.63. The molecule has 0 amide bonds. The SMILES string of the molecule is C=CCC1(c2ccccc2C(=O)O)CCCCC1. The molecule has 0 bridgehead atoms. The molecule has 0 unspecified atom stereocenters. The molecule has 0 heterocycles. The van der Waals surface area contributed by atoms with Crippen LogP contribution in [-0.2, 0) is 5.41 Å². The van der Waals surface area contributed by atoms with Crippen LogP contribution in [0.2, 0.25) is 0 Å². The minimum Gasteiger partial charge on any atom is -0.478 e. The van der Waals surface area contributed by atoms with Crippen molar-refractivity contribution in [3.05, 3.63) is 48.0 Å². The van der Waals surface area contributed by atoms with E-state index in [-0.39, 0.29) is 5.41 Å². The molecule has 1 aromatic rings. The lowest BCUT2D eigenvalue weighted by atomic mass is 9.66. The van der Waals surface area contributed by atoms with Gasteiger partial charge in [0.2, 0.25) is 0 Å². The summed E-state index contributed by atoms with van der Waals surface area (Å²) < 4.78 is 0. The van der Waals surface area contributed by atoms with Crippen LogP contribution in [0.5, 0.6) is 0 Å². The molecule has 1 saturated carbocycles. The molecule has 0 aromatic heterocycles. The van der Waals surface area contributed by atoms with Crippen molar-refractivity contribution < 1.29 is 9.90 Å². The highest BCUT2D eigenvalue weighted by atomic mass is 16.4. The Morgan fingerprint density at radius 2 is 1.94 bits per heavy atom. The van der Waals surface area contributed by atoms with E-state index in [4.69, 9.17) is 0 Å². The van der Waals surface area contributed by atoms with Crippen LogP contribution in [0.15, 0.2) is 36.9 Å². The van der Waals surface area contributed by atoms with Gasteiger partial charge in [-0.2, -0.15) is 0 Å². The number of hydrogen-bond donors (Lipinski definition) is 1. The summed E-state index contributed by atoms with van der Waals surface area (Å²) in [6, 6.07) is 7.45. The van der Waals surface area contributed by atoms with E-state index in [0.717, 1.165) is 24.8 Å². The molecule has 2 nitrogen and oxygen atoms in total. The number of allylic oxidation sites excluding steroid dienone is 1. The van der Waals surface area contributed by atoms with E-state index in [2.05, 4.69) is 6.58 Å². The van der Waals surface area contributed by atoms with Crippen LogP contribution in [0.4, 0.5) is 0 Å². The molecule has 0 saturated heterocycles. The molecule has 2 rings (SSSR count). The van der Waals surface area contributed by atoms with Crippen LogP contribution in [-0.4, -0.2) is 11.1 Å². The number of carbonyl (C=O) groups is 1. The molecule has 2 heteroatoms. The van der Waals surface area contributed by atoms with Gasteiger partial charge in [-0.3, -0.25) is 0 Å². The molecule has 1 aliphatic carbocycles. The highest BCUT2D eigenvalue weighted by Gasteiger charge is 2.35. The van der Waals surface area contributed by atoms with E-state index in [1.54, 1.807) is 12.1 Å². The molecule has 18 heavy (non-hydrogen) atoms. The van der Waals surface area contributed by atoms with E-state index in [0.29, 0.717) is 5.56 Å². The van der Waals surface area contributed by atoms with Gasteiger partial charge < -0.3 is 5.11 Å². The van der Waals surface area contributed by atoms with Crippen molar-refractivity contribution in [3.8, 4) is 0 Å². The summed E-state index contributed by atoms with van der Waals surface area (Å²) in [6.07, 6.45) is 8.57. The van der Waals surface area contributed by atoms with Crippen molar-refractivity contribution in [2.75, 3.05) is 0 Å². The van der Waals surface area contributed by atoms with Crippen LogP contribution in [0.25, 0.3) is 0 Å². The summed E-state index contributed by atoms with van der Waals surface area (Å²) in [5, 5.41) is 9.35. The van der Waals surface area contributed by atoms with Crippen LogP contribution in [0.1, 0.15) is 54.4 Å². The Labute approximate surface area is 108 Å². The minimum absolute atomic E-state index is 0.00498. The predicted octanol–water partition coefficient (Wildman–Crippen LogP) is 4.16. The quantitative estimate of drug-likeness (QED) is 0.807. The zero-order valence-electron chi connectivity index (χ0n) is 10.7. The maximum Gasteiger partial charge on any atom is 0.335 e. The summed E-state index contributed by atoms with van der Waals surface area (Å²) in [5.74, 6) is -0.820. The van der Waals surface area contributed by atoms with Crippen molar-refractivity contribution in [1.29, 1.82) is 0 Å². The second kappa shape index (κ2) is 5.38. The van der Waals surface area contributed by atoms with E-state index in [9.17, 15) is 9.90 Å². The molecule has 1 aromatic carbocycles. The van der Waals surface area contributed by atoms with Crippen LogP contribution in [0.3, 0.4) is 0 Å². The van der Waals surface area contributed by atoms with E-state index in [1.807, 2.05) is 18.2 Å². The van der Waals surface area contributed by atoms with Crippen LogP contribution in [0, 0.1) is 0 Å². The van der Waals surface area contributed by atoms with Gasteiger partial charge in [0.05, 0.1) is 5.56 Å². The number of aromatic carboxylic acids is 1. The first-order chi connectivity index (χ1) is 8.69. The number of carboxylic acid groups (broad SMARTS) is 1. The lowest BCUT2D eigenvalue weighted by molar-refractivity contribution is 0.0692. The number of carboxylic acids is 1. The molecule has 1 fully saturated rings. The zero-order valence-corrected chi connectivity index (χ0v) is 10.7. The molecular formula is C16H20O2. The largest absolute Gasteiger partial charge is 0.478 e. The van der Waals surface area contributed by atoms with Crippen molar-refractivity contribution in [1.82, 2.24) is 0 Å². The molecule has 96 valence electrons. The van der Waals surface area contributed by atoms with Crippen molar-refractivity contribution in [2.24, 2.45) is 0 Å². The normalized spacial score (nSPS) is 18.2. The van der Waals surface area contributed by atoms with Gasteiger partial charge in [0, 0.05) is 0 Å². The Bertz CT molecular complexity index is 442. The third-order valence-electron chi connectivity index (χ3n) is 4.07. The molecule has 0 radical (unpaired) electrons. The maximum absolute atomic E-state index is 11.4. The fourth-order valence-corrected chi connectivity index (χ4v) is 3.22. The summed E-state index contributed by atoms with van der Waals surface area (Å²) >= 11 is 0. The van der Waals surface area contributed by atoms with Gasteiger partial charge in [-0.05, 0) is 36.3 Å². The first kappa shape index (κ1) is 12.9. The maximum atomic E-state index is 11.4. The number of hydrogen-bond acceptors (Lipinski definition) is 1. The standard InChI is InChI=1S/C16H20O2/c1-2-10-16(11-6-3-7-12-16)14-9-5-4-8-13(14)15(17)18/h2,4-5,8-9H,1,3,6-7,10-12H2,(H,17,18). The highest BCUT2D eigenvalue weighted by Crippen LogP contribution is 2.43. The minimum atomic E-state index is -0.820. The van der Waals surface area contributed by atoms with Gasteiger partial charge in [-0.15, -0.1) is 6.58 Å². The Hall–Kier alpha value is -1.57. The highest BCUT2D eigenvalue weighted by molar-refractivity contribution is 5.89. The molecule has 1 aliphatic rings. The molecular weight excluding hydrogens is 224 g/mol. The summed E-state index contributed by atoms with van der Waals surface area (Å²) in [6.45, 7) is 3.85. The molecule has 0 spiro atoms. The van der Waals surface area contributed by atoms with Gasteiger partial charge in [0.25, 0.3) is 0 Å². The van der Waals surface area contributed by atoms with Crippen LogP contribution >= 0.6 is 0 Å². The second-order valence-electron chi connectivity index (χ2n) is 5.18. The van der Waals surface area contributed by atoms with Gasteiger partial charge in [0.1, 0.15) is 0 Å². The zero-order chi connectivity index (χ0) is 13.0. The fraction of sp³-hybridized carbons (Fsp3) is 0.438. The monoisotopic (exact) mass is 244 g/mol. The summed E-state index contributed by atoms with van der Waals surface area (Å²) in [7, 11) is 0. The first-order valence-corrected chi connectivity index (χ1v) is 6.63. The van der Waals surface area contributed by atoms with Crippen molar-refractivity contribution >= 4 is 5.97 Å². The Kier molecular flexibility index (Phi) is 3.85. The average Bonchev–Trinajstić information content (AvgIpc) is 2.40. The topological polar surface area (TPSA) is 37.3 Å². The second-order valence-corrected chi connectivity index (χ2v) is 5.18. The number of rotatable bonds is 4. The van der Waals surface area contributed by atoms with Gasteiger partial charge in [-0.1, -0.05) is 43.5 Å². The lowest BCUT2D eigenvalue weighted by Crippen LogP contribution is -2.30. The Balaban J connectivity index is 2.48. The summed E-state index contributed by atoms with van der Waals surface area (Å²) in [5.41, 5.74) is 1.45. The Morgan fingerprint density at radius 1 is 1.28 bits per heavy atom. The predicted molar refractivity (Wildman–Crippen MR) is 73.0 cm³/mol. The van der Waals surface area contributed by atoms with E-state index in [1.165, 1.54) is 19.3 Å². The Morgan fingerprint density at radius 3 is 2.56 bits per heavy atom. The average molecular weight is 244 g/mol. The molecule has 1 N–H and O–H groups in total. The summed E-state index contributed by atoms with van der Waals surface area (Å²) in [4.78, 5) is 11.4. The smallest absolute Gasteiger partial charge is 0.335 e. The van der Waals surface area contributed by atoms with Gasteiger partial charge >= 0.3 is 5.97 Å². The van der Waals surface area contributed by atoms with Gasteiger partial charge in [-0.25, -0.2) is 4.79 Å². The van der Waals surface area contributed by atoms with Gasteiger partial charge in [0.15, 0.2) is 0 Å².